The van der Waals surface area contributed by atoms with Crippen molar-refractivity contribution in [2.75, 3.05) is 7.05 Å². The molecule has 2 heterocycles. The summed E-state index contributed by atoms with van der Waals surface area (Å²) in [4.78, 5) is 11.2. The number of carbonyl (C=O) groups is 1. The smallest absolute Gasteiger partial charge is 0.265 e. The molecule has 7 heteroatoms. The van der Waals surface area contributed by atoms with Crippen molar-refractivity contribution in [2.24, 2.45) is 0 Å². The third-order valence-corrected chi connectivity index (χ3v) is 2.73. The summed E-state index contributed by atoms with van der Waals surface area (Å²) in [5, 5.41) is 14.8. The zero-order valence-electron chi connectivity index (χ0n) is 11.3. The van der Waals surface area contributed by atoms with Gasteiger partial charge in [0.05, 0.1) is 5.69 Å². The number of aryl methyl sites for hydroxylation is 3. The van der Waals surface area contributed by atoms with E-state index in [1.807, 2.05) is 24.6 Å². The Morgan fingerprint density at radius 1 is 1.47 bits per heavy atom. The molecule has 0 saturated heterocycles. The van der Waals surface area contributed by atoms with E-state index in [0.29, 0.717) is 24.6 Å². The SMILES string of the molecule is CCn1nc(C)cc1-c1nnc(CCC(=O)NC)o1. The molecular weight excluding hydrogens is 246 g/mol. The minimum Gasteiger partial charge on any atom is -0.419 e. The van der Waals surface area contributed by atoms with Gasteiger partial charge in [-0.05, 0) is 19.9 Å². The molecule has 0 saturated carbocycles. The van der Waals surface area contributed by atoms with E-state index >= 15 is 0 Å². The topological polar surface area (TPSA) is 85.8 Å². The molecule has 0 aromatic carbocycles. The molecule has 2 aromatic rings. The van der Waals surface area contributed by atoms with Gasteiger partial charge in [0.25, 0.3) is 5.89 Å². The first-order valence-corrected chi connectivity index (χ1v) is 6.21. The van der Waals surface area contributed by atoms with Crippen LogP contribution in [0, 0.1) is 6.92 Å². The Morgan fingerprint density at radius 3 is 2.95 bits per heavy atom. The van der Waals surface area contributed by atoms with Crippen LogP contribution in [0.25, 0.3) is 11.6 Å². The van der Waals surface area contributed by atoms with Gasteiger partial charge in [0.1, 0.15) is 5.69 Å². The number of amides is 1. The van der Waals surface area contributed by atoms with Gasteiger partial charge < -0.3 is 9.73 Å². The average molecular weight is 263 g/mol. The lowest BCUT2D eigenvalue weighted by atomic mass is 10.3. The Morgan fingerprint density at radius 2 is 2.26 bits per heavy atom. The summed E-state index contributed by atoms with van der Waals surface area (Å²) in [5.74, 6) is 0.851. The van der Waals surface area contributed by atoms with Crippen molar-refractivity contribution >= 4 is 5.91 Å². The van der Waals surface area contributed by atoms with Crippen LogP contribution in [-0.4, -0.2) is 32.9 Å². The van der Waals surface area contributed by atoms with Crippen molar-refractivity contribution < 1.29 is 9.21 Å². The Bertz CT molecular complexity index is 572. The largest absolute Gasteiger partial charge is 0.419 e. The molecule has 1 N–H and O–H groups in total. The second-order valence-electron chi connectivity index (χ2n) is 4.16. The molecule has 0 aliphatic carbocycles. The molecule has 0 aliphatic heterocycles. The van der Waals surface area contributed by atoms with E-state index in [4.69, 9.17) is 4.42 Å². The molecule has 0 bridgehead atoms. The van der Waals surface area contributed by atoms with Crippen LogP contribution in [0.4, 0.5) is 0 Å². The van der Waals surface area contributed by atoms with Gasteiger partial charge in [-0.15, -0.1) is 10.2 Å². The van der Waals surface area contributed by atoms with E-state index in [2.05, 4.69) is 20.6 Å². The standard InChI is InChI=1S/C12H17N5O2/c1-4-17-9(7-8(2)16-17)12-15-14-11(19-12)6-5-10(18)13-3/h7H,4-6H2,1-3H3,(H,13,18). The fraction of sp³-hybridized carbons (Fsp3) is 0.500. The third kappa shape index (κ3) is 2.98. The number of rotatable bonds is 5. The highest BCUT2D eigenvalue weighted by molar-refractivity contribution is 5.75. The molecular formula is C12H17N5O2. The number of hydrogen-bond acceptors (Lipinski definition) is 5. The summed E-state index contributed by atoms with van der Waals surface area (Å²) in [6.45, 7) is 4.65. The van der Waals surface area contributed by atoms with E-state index in [1.165, 1.54) is 0 Å². The number of nitrogens with zero attached hydrogens (tertiary/aromatic N) is 4. The number of nitrogens with one attached hydrogen (secondary N) is 1. The van der Waals surface area contributed by atoms with Crippen LogP contribution < -0.4 is 5.32 Å². The summed E-state index contributed by atoms with van der Waals surface area (Å²) in [5.41, 5.74) is 1.71. The quantitative estimate of drug-likeness (QED) is 0.867. The predicted molar refractivity (Wildman–Crippen MR) is 68.3 cm³/mol. The second-order valence-corrected chi connectivity index (χ2v) is 4.16. The van der Waals surface area contributed by atoms with E-state index in [-0.39, 0.29) is 5.91 Å². The maximum absolute atomic E-state index is 11.2. The van der Waals surface area contributed by atoms with Gasteiger partial charge in [0, 0.05) is 26.4 Å². The zero-order valence-corrected chi connectivity index (χ0v) is 11.3. The molecule has 102 valence electrons. The Kier molecular flexibility index (Phi) is 3.94. The molecule has 1 amide bonds. The molecule has 0 spiro atoms. The van der Waals surface area contributed by atoms with Gasteiger partial charge in [-0.25, -0.2) is 0 Å². The molecule has 2 aromatic heterocycles. The summed E-state index contributed by atoms with van der Waals surface area (Å²) < 4.78 is 7.37. The highest BCUT2D eigenvalue weighted by atomic mass is 16.4. The van der Waals surface area contributed by atoms with Crippen LogP contribution in [-0.2, 0) is 17.8 Å². The van der Waals surface area contributed by atoms with Crippen molar-refractivity contribution in [1.82, 2.24) is 25.3 Å². The molecule has 0 unspecified atom stereocenters. The van der Waals surface area contributed by atoms with Crippen LogP contribution in [0.2, 0.25) is 0 Å². The van der Waals surface area contributed by atoms with Gasteiger partial charge in [-0.2, -0.15) is 5.10 Å². The maximum Gasteiger partial charge on any atom is 0.265 e. The second kappa shape index (κ2) is 5.64. The van der Waals surface area contributed by atoms with Gasteiger partial charge >= 0.3 is 0 Å². The first-order valence-electron chi connectivity index (χ1n) is 6.21. The molecule has 0 fully saturated rings. The van der Waals surface area contributed by atoms with Gasteiger partial charge in [0.15, 0.2) is 0 Å². The molecule has 0 atom stereocenters. The number of hydrogen-bond donors (Lipinski definition) is 1. The predicted octanol–water partition coefficient (Wildman–Crippen LogP) is 0.940. The molecule has 0 radical (unpaired) electrons. The number of aromatic nitrogens is 4. The maximum atomic E-state index is 11.2. The van der Waals surface area contributed by atoms with E-state index < -0.39 is 0 Å². The Hall–Kier alpha value is -2.18. The van der Waals surface area contributed by atoms with E-state index in [1.54, 1.807) is 7.05 Å². The first-order chi connectivity index (χ1) is 9.13. The van der Waals surface area contributed by atoms with Crippen molar-refractivity contribution in [2.45, 2.75) is 33.2 Å². The minimum atomic E-state index is -0.0470. The van der Waals surface area contributed by atoms with E-state index in [0.717, 1.165) is 17.9 Å². The van der Waals surface area contributed by atoms with Crippen molar-refractivity contribution in [3.05, 3.63) is 17.7 Å². The minimum absolute atomic E-state index is 0.0470. The van der Waals surface area contributed by atoms with Crippen molar-refractivity contribution in [3.8, 4) is 11.6 Å². The highest BCUT2D eigenvalue weighted by Crippen LogP contribution is 2.19. The van der Waals surface area contributed by atoms with Crippen LogP contribution in [0.5, 0.6) is 0 Å². The Balaban J connectivity index is 2.14. The van der Waals surface area contributed by atoms with Crippen molar-refractivity contribution in [3.63, 3.8) is 0 Å². The zero-order chi connectivity index (χ0) is 13.8. The molecule has 0 aliphatic rings. The summed E-state index contributed by atoms with van der Waals surface area (Å²) in [6, 6.07) is 1.90. The van der Waals surface area contributed by atoms with E-state index in [9.17, 15) is 4.79 Å². The lowest BCUT2D eigenvalue weighted by Gasteiger charge is -1.98. The van der Waals surface area contributed by atoms with Gasteiger partial charge in [-0.3, -0.25) is 9.48 Å². The van der Waals surface area contributed by atoms with Crippen LogP contribution in [0.15, 0.2) is 10.5 Å². The summed E-state index contributed by atoms with van der Waals surface area (Å²) >= 11 is 0. The van der Waals surface area contributed by atoms with Crippen LogP contribution in [0.3, 0.4) is 0 Å². The third-order valence-electron chi connectivity index (χ3n) is 2.73. The van der Waals surface area contributed by atoms with Crippen molar-refractivity contribution in [1.29, 1.82) is 0 Å². The molecule has 19 heavy (non-hydrogen) atoms. The molecule has 2 rings (SSSR count). The summed E-state index contributed by atoms with van der Waals surface area (Å²) in [6.07, 6.45) is 0.774. The fourth-order valence-corrected chi connectivity index (χ4v) is 1.76. The van der Waals surface area contributed by atoms with Crippen LogP contribution >= 0.6 is 0 Å². The van der Waals surface area contributed by atoms with Crippen LogP contribution in [0.1, 0.15) is 24.9 Å². The van der Waals surface area contributed by atoms with Gasteiger partial charge in [0.2, 0.25) is 11.8 Å². The first kappa shape index (κ1) is 13.3. The highest BCUT2D eigenvalue weighted by Gasteiger charge is 2.14. The fourth-order valence-electron chi connectivity index (χ4n) is 1.76. The Labute approximate surface area is 111 Å². The van der Waals surface area contributed by atoms with Gasteiger partial charge in [-0.1, -0.05) is 0 Å². The lowest BCUT2D eigenvalue weighted by molar-refractivity contribution is -0.120. The summed E-state index contributed by atoms with van der Waals surface area (Å²) in [7, 11) is 1.60. The monoisotopic (exact) mass is 263 g/mol. The normalized spacial score (nSPS) is 10.7. The molecule has 7 nitrogen and oxygen atoms in total. The average Bonchev–Trinajstić information content (AvgIpc) is 3.01. The lowest BCUT2D eigenvalue weighted by Crippen LogP contribution is -2.17. The number of carbonyl (C=O) groups excluding carboxylic acids is 1.